The van der Waals surface area contributed by atoms with E-state index in [2.05, 4.69) is 15.3 Å². The van der Waals surface area contributed by atoms with Gasteiger partial charge in [0.1, 0.15) is 5.71 Å². The van der Waals surface area contributed by atoms with Gasteiger partial charge in [-0.1, -0.05) is 30.3 Å². The number of benzene rings is 1. The first kappa shape index (κ1) is 11.9. The van der Waals surface area contributed by atoms with Crippen LogP contribution in [0.1, 0.15) is 5.56 Å². The third kappa shape index (κ3) is 3.53. The molecule has 84 valence electrons. The van der Waals surface area contributed by atoms with Crippen molar-refractivity contribution in [2.24, 2.45) is 5.10 Å². The molecule has 0 unspecified atom stereocenters. The molecule has 0 aromatic heterocycles. The average molecular weight is 220 g/mol. The van der Waals surface area contributed by atoms with Gasteiger partial charge in [0.25, 0.3) is 0 Å². The molecule has 0 heterocycles. The van der Waals surface area contributed by atoms with Crippen LogP contribution in [0.3, 0.4) is 0 Å². The van der Waals surface area contributed by atoms with E-state index in [0.717, 1.165) is 5.56 Å². The lowest BCUT2D eigenvalue weighted by atomic mass is 10.1. The molecule has 16 heavy (non-hydrogen) atoms. The molecule has 0 aliphatic carbocycles. The van der Waals surface area contributed by atoms with Gasteiger partial charge >= 0.3 is 5.97 Å². The Balaban J connectivity index is 2.79. The maximum atomic E-state index is 11.3. The van der Waals surface area contributed by atoms with Crippen LogP contribution in [-0.4, -0.2) is 25.2 Å². The molecule has 0 saturated heterocycles. The lowest BCUT2D eigenvalue weighted by Gasteiger charge is -2.03. The molecule has 0 aliphatic heterocycles. The van der Waals surface area contributed by atoms with Crippen LogP contribution in [-0.2, 0) is 20.7 Å². The maximum absolute atomic E-state index is 11.3. The monoisotopic (exact) mass is 220 g/mol. The van der Waals surface area contributed by atoms with Gasteiger partial charge < -0.3 is 4.74 Å². The van der Waals surface area contributed by atoms with E-state index in [1.54, 1.807) is 0 Å². The summed E-state index contributed by atoms with van der Waals surface area (Å²) in [7, 11) is 1.27. The van der Waals surface area contributed by atoms with Gasteiger partial charge in [-0.15, -0.1) is 0 Å². The van der Waals surface area contributed by atoms with Crippen LogP contribution in [0, 0.1) is 0 Å². The summed E-state index contributed by atoms with van der Waals surface area (Å²) < 4.78 is 4.56. The second-order valence-electron chi connectivity index (χ2n) is 2.96. The number of esters is 1. The first-order valence-corrected chi connectivity index (χ1v) is 4.66. The summed E-state index contributed by atoms with van der Waals surface area (Å²) in [6, 6.07) is 9.32. The quantitative estimate of drug-likeness (QED) is 0.340. The molecular formula is C11H12N2O3. The Kier molecular flexibility index (Phi) is 4.72. The summed E-state index contributed by atoms with van der Waals surface area (Å²) in [4.78, 5) is 21.4. The van der Waals surface area contributed by atoms with Gasteiger partial charge in [-0.25, -0.2) is 10.2 Å². The van der Waals surface area contributed by atoms with Gasteiger partial charge in [0, 0.05) is 6.42 Å². The van der Waals surface area contributed by atoms with Crippen molar-refractivity contribution in [3.63, 3.8) is 0 Å². The Bertz CT molecular complexity index is 387. The van der Waals surface area contributed by atoms with Crippen LogP contribution in [0.5, 0.6) is 0 Å². The number of carbonyl (C=O) groups excluding carboxylic acids is 2. The average Bonchev–Trinajstić information content (AvgIpc) is 2.34. The Hall–Kier alpha value is -2.17. The smallest absolute Gasteiger partial charge is 0.354 e. The van der Waals surface area contributed by atoms with Crippen molar-refractivity contribution in [3.05, 3.63) is 35.9 Å². The molecule has 1 rings (SSSR count). The third-order valence-corrected chi connectivity index (χ3v) is 1.89. The zero-order valence-corrected chi connectivity index (χ0v) is 8.84. The van der Waals surface area contributed by atoms with Crippen LogP contribution in [0.15, 0.2) is 35.4 Å². The van der Waals surface area contributed by atoms with Crippen LogP contribution >= 0.6 is 0 Å². The molecule has 0 spiro atoms. The number of carbonyl (C=O) groups is 2. The molecule has 0 radical (unpaired) electrons. The highest BCUT2D eigenvalue weighted by atomic mass is 16.5. The second kappa shape index (κ2) is 6.34. The van der Waals surface area contributed by atoms with Gasteiger partial charge in [0.2, 0.25) is 6.41 Å². The van der Waals surface area contributed by atoms with Crippen molar-refractivity contribution in [2.75, 3.05) is 7.11 Å². The first-order chi connectivity index (χ1) is 7.77. The highest BCUT2D eigenvalue weighted by molar-refractivity contribution is 6.36. The second-order valence-corrected chi connectivity index (χ2v) is 2.96. The first-order valence-electron chi connectivity index (χ1n) is 4.66. The number of hydrazone groups is 1. The van der Waals surface area contributed by atoms with Gasteiger partial charge in [0.15, 0.2) is 0 Å². The third-order valence-electron chi connectivity index (χ3n) is 1.89. The largest absolute Gasteiger partial charge is 0.464 e. The van der Waals surface area contributed by atoms with E-state index in [1.807, 2.05) is 30.3 Å². The minimum absolute atomic E-state index is 0.154. The predicted octanol–water partition coefficient (Wildman–Crippen LogP) is 0.504. The topological polar surface area (TPSA) is 67.8 Å². The number of hydrogen-bond acceptors (Lipinski definition) is 4. The number of nitrogens with zero attached hydrogens (tertiary/aromatic N) is 1. The molecule has 0 aliphatic rings. The van der Waals surface area contributed by atoms with Crippen LogP contribution < -0.4 is 5.43 Å². The van der Waals surface area contributed by atoms with E-state index >= 15 is 0 Å². The maximum Gasteiger partial charge on any atom is 0.354 e. The van der Waals surface area contributed by atoms with E-state index in [0.29, 0.717) is 12.8 Å². The van der Waals surface area contributed by atoms with Crippen LogP contribution in [0.25, 0.3) is 0 Å². The van der Waals surface area contributed by atoms with Gasteiger partial charge in [0.05, 0.1) is 7.11 Å². The lowest BCUT2D eigenvalue weighted by Crippen LogP contribution is -2.21. The summed E-state index contributed by atoms with van der Waals surface area (Å²) in [6.45, 7) is 0. The summed E-state index contributed by atoms with van der Waals surface area (Å²) in [5.74, 6) is -0.557. The molecule has 5 heteroatoms. The Morgan fingerprint density at radius 2 is 2.12 bits per heavy atom. The Morgan fingerprint density at radius 3 is 2.69 bits per heavy atom. The van der Waals surface area contributed by atoms with Gasteiger partial charge in [-0.05, 0) is 5.56 Å². The van der Waals surface area contributed by atoms with Crippen molar-refractivity contribution >= 4 is 18.1 Å². The zero-order chi connectivity index (χ0) is 11.8. The molecule has 1 N–H and O–H groups in total. The van der Waals surface area contributed by atoms with Gasteiger partial charge in [-0.3, -0.25) is 4.79 Å². The fourth-order valence-electron chi connectivity index (χ4n) is 1.17. The van der Waals surface area contributed by atoms with Gasteiger partial charge in [-0.2, -0.15) is 5.10 Å². The molecule has 5 nitrogen and oxygen atoms in total. The number of methoxy groups -OCH3 is 1. The van der Waals surface area contributed by atoms with E-state index < -0.39 is 5.97 Å². The Morgan fingerprint density at radius 1 is 1.44 bits per heavy atom. The number of hydrogen-bond donors (Lipinski definition) is 1. The fraction of sp³-hybridized carbons (Fsp3) is 0.182. The summed E-state index contributed by atoms with van der Waals surface area (Å²) in [6.07, 6.45) is 0.711. The fourth-order valence-corrected chi connectivity index (χ4v) is 1.17. The molecule has 0 atom stereocenters. The number of rotatable bonds is 5. The highest BCUT2D eigenvalue weighted by Crippen LogP contribution is 2.01. The molecule has 1 amide bonds. The highest BCUT2D eigenvalue weighted by Gasteiger charge is 2.12. The number of nitrogens with one attached hydrogen (secondary N) is 1. The molecule has 0 saturated carbocycles. The summed E-state index contributed by atoms with van der Waals surface area (Å²) in [5.41, 5.74) is 3.16. The molecule has 0 fully saturated rings. The normalized spacial score (nSPS) is 10.7. The molecule has 1 aromatic rings. The Labute approximate surface area is 93.1 Å². The molecule has 0 bridgehead atoms. The predicted molar refractivity (Wildman–Crippen MR) is 58.8 cm³/mol. The van der Waals surface area contributed by atoms with E-state index in [9.17, 15) is 9.59 Å². The minimum Gasteiger partial charge on any atom is -0.464 e. The molecule has 1 aromatic carbocycles. The molecular weight excluding hydrogens is 208 g/mol. The number of ether oxygens (including phenoxy) is 1. The van der Waals surface area contributed by atoms with E-state index in [1.165, 1.54) is 7.11 Å². The van der Waals surface area contributed by atoms with Crippen molar-refractivity contribution in [2.45, 2.75) is 6.42 Å². The van der Waals surface area contributed by atoms with Crippen molar-refractivity contribution < 1.29 is 14.3 Å². The SMILES string of the molecule is COC(=O)C(Cc1ccccc1)=NNC=O. The van der Waals surface area contributed by atoms with Crippen molar-refractivity contribution in [1.29, 1.82) is 0 Å². The van der Waals surface area contributed by atoms with Crippen molar-refractivity contribution in [1.82, 2.24) is 5.43 Å². The summed E-state index contributed by atoms with van der Waals surface area (Å²) >= 11 is 0. The lowest BCUT2D eigenvalue weighted by molar-refractivity contribution is -0.132. The zero-order valence-electron chi connectivity index (χ0n) is 8.84. The minimum atomic E-state index is -0.557. The van der Waals surface area contributed by atoms with E-state index in [4.69, 9.17) is 0 Å². The number of amides is 1. The standard InChI is InChI=1S/C11H12N2O3/c1-16-11(15)10(13-12-8-14)7-9-5-3-2-4-6-9/h2-6,8H,7H2,1H3,(H,12,14). The van der Waals surface area contributed by atoms with Crippen LogP contribution in [0.4, 0.5) is 0 Å². The van der Waals surface area contributed by atoms with Crippen molar-refractivity contribution in [3.8, 4) is 0 Å². The van der Waals surface area contributed by atoms with E-state index in [-0.39, 0.29) is 5.71 Å². The van der Waals surface area contributed by atoms with Crippen LogP contribution in [0.2, 0.25) is 0 Å². The summed E-state index contributed by atoms with van der Waals surface area (Å²) in [5, 5.41) is 3.63.